The first-order valence-electron chi connectivity index (χ1n) is 14.1. The number of hydrogen-bond donors (Lipinski definition) is 0. The highest BCUT2D eigenvalue weighted by Gasteiger charge is 2.62. The lowest BCUT2D eigenvalue weighted by Crippen LogP contribution is -2.50. The Balaban J connectivity index is 1.55. The van der Waals surface area contributed by atoms with E-state index in [1.54, 1.807) is 0 Å². The van der Waals surface area contributed by atoms with E-state index >= 15 is 0 Å². The third kappa shape index (κ3) is 4.34. The van der Waals surface area contributed by atoms with Crippen LogP contribution in [0.3, 0.4) is 0 Å². The lowest BCUT2D eigenvalue weighted by atomic mass is 9.47. The number of allylic oxidation sites excluding steroid dienone is 3. The summed E-state index contributed by atoms with van der Waals surface area (Å²) in [7, 11) is 2.62. The molecule has 0 spiro atoms. The molecule has 0 aromatic rings. The van der Waals surface area contributed by atoms with Crippen LogP contribution in [0.5, 0.6) is 0 Å². The fourth-order valence-electron chi connectivity index (χ4n) is 9.10. The van der Waals surface area contributed by atoms with Crippen molar-refractivity contribution in [1.29, 1.82) is 0 Å². The van der Waals surface area contributed by atoms with E-state index in [2.05, 4.69) is 19.9 Å². The molecule has 5 rings (SSSR count). The minimum Gasteiger partial charge on any atom is -0.466 e. The molecule has 0 saturated heterocycles. The van der Waals surface area contributed by atoms with E-state index in [9.17, 15) is 19.2 Å². The maximum absolute atomic E-state index is 13.1. The molecule has 39 heavy (non-hydrogen) atoms. The van der Waals surface area contributed by atoms with Crippen molar-refractivity contribution in [3.05, 3.63) is 34.1 Å². The van der Waals surface area contributed by atoms with Crippen LogP contribution in [0.25, 0.3) is 0 Å². The average Bonchev–Trinajstić information content (AvgIpc) is 3.20. The summed E-state index contributed by atoms with van der Waals surface area (Å²) in [6.45, 7) is 7.47. The number of carbonyl (C=O) groups excluding carboxylic acids is 4. The zero-order valence-electron chi connectivity index (χ0n) is 23.9. The molecule has 0 heterocycles. The van der Waals surface area contributed by atoms with Crippen molar-refractivity contribution < 1.29 is 38.1 Å². The molecule has 0 bridgehead atoms. The normalized spacial score (nSPS) is 37.0. The Labute approximate surface area is 230 Å². The molecular formula is C31H40O8. The van der Waals surface area contributed by atoms with E-state index in [0.717, 1.165) is 44.1 Å². The Bertz CT molecular complexity index is 1210. The summed E-state index contributed by atoms with van der Waals surface area (Å²) >= 11 is 0. The molecule has 0 radical (unpaired) electrons. The number of esters is 4. The van der Waals surface area contributed by atoms with Crippen molar-refractivity contribution in [1.82, 2.24) is 0 Å². The minimum atomic E-state index is -0.598. The lowest BCUT2D eigenvalue weighted by Gasteiger charge is -2.57. The number of fused-ring (bicyclic) bond motifs is 7. The van der Waals surface area contributed by atoms with Gasteiger partial charge in [-0.25, -0.2) is 9.59 Å². The van der Waals surface area contributed by atoms with Crippen molar-refractivity contribution in [2.24, 2.45) is 34.5 Å². The van der Waals surface area contributed by atoms with Gasteiger partial charge >= 0.3 is 23.9 Å². The van der Waals surface area contributed by atoms with Crippen molar-refractivity contribution in [3.63, 3.8) is 0 Å². The van der Waals surface area contributed by atoms with Gasteiger partial charge in [0, 0.05) is 32.6 Å². The first kappa shape index (κ1) is 27.7. The number of rotatable bonds is 4. The molecule has 5 aliphatic carbocycles. The van der Waals surface area contributed by atoms with Crippen LogP contribution in [0.4, 0.5) is 0 Å². The summed E-state index contributed by atoms with van der Waals surface area (Å²) in [4.78, 5) is 49.8. The van der Waals surface area contributed by atoms with E-state index in [4.69, 9.17) is 18.9 Å². The van der Waals surface area contributed by atoms with Gasteiger partial charge in [-0.15, -0.1) is 0 Å². The molecule has 0 aromatic heterocycles. The maximum atomic E-state index is 13.1. The van der Waals surface area contributed by atoms with Gasteiger partial charge < -0.3 is 18.9 Å². The molecule has 8 heteroatoms. The highest BCUT2D eigenvalue weighted by molar-refractivity contribution is 6.02. The van der Waals surface area contributed by atoms with E-state index in [0.29, 0.717) is 29.6 Å². The summed E-state index contributed by atoms with van der Waals surface area (Å²) in [6, 6.07) is 0. The number of carbonyl (C=O) groups is 4. The van der Waals surface area contributed by atoms with Crippen LogP contribution in [0, 0.1) is 34.5 Å². The molecule has 0 unspecified atom stereocenters. The molecule has 0 aliphatic heterocycles. The van der Waals surface area contributed by atoms with Gasteiger partial charge in [0.25, 0.3) is 0 Å². The molecule has 8 nitrogen and oxygen atoms in total. The van der Waals surface area contributed by atoms with Crippen LogP contribution in [0.2, 0.25) is 0 Å². The summed E-state index contributed by atoms with van der Waals surface area (Å²) < 4.78 is 21.6. The molecule has 0 N–H and O–H groups in total. The van der Waals surface area contributed by atoms with Gasteiger partial charge in [-0.05, 0) is 72.7 Å². The third-order valence-electron chi connectivity index (χ3n) is 10.6. The third-order valence-corrected chi connectivity index (χ3v) is 10.6. The molecule has 7 atom stereocenters. The second kappa shape index (κ2) is 9.93. The zero-order valence-corrected chi connectivity index (χ0v) is 23.9. The Morgan fingerprint density at radius 2 is 1.59 bits per heavy atom. The van der Waals surface area contributed by atoms with Crippen LogP contribution in [0.15, 0.2) is 34.1 Å². The topological polar surface area (TPSA) is 105 Å². The van der Waals surface area contributed by atoms with Gasteiger partial charge in [0.05, 0.1) is 25.4 Å². The van der Waals surface area contributed by atoms with Gasteiger partial charge in [-0.1, -0.05) is 25.5 Å². The van der Waals surface area contributed by atoms with E-state index < -0.39 is 17.9 Å². The van der Waals surface area contributed by atoms with Crippen molar-refractivity contribution >= 4 is 23.9 Å². The zero-order chi connectivity index (χ0) is 28.3. The summed E-state index contributed by atoms with van der Waals surface area (Å²) in [5.41, 5.74) is 2.72. The highest BCUT2D eigenvalue weighted by Crippen LogP contribution is 2.69. The Morgan fingerprint density at radius 3 is 2.23 bits per heavy atom. The van der Waals surface area contributed by atoms with Gasteiger partial charge in [0.15, 0.2) is 0 Å². The molecule has 3 fully saturated rings. The van der Waals surface area contributed by atoms with E-state index in [1.165, 1.54) is 33.6 Å². The molecule has 0 amide bonds. The predicted octanol–water partition coefficient (Wildman–Crippen LogP) is 4.97. The molecule has 3 saturated carbocycles. The molecular weight excluding hydrogens is 500 g/mol. The standard InChI is InChI=1S/C31H40O8/c1-16(32)38-19-9-11-30(3)18(13-19)7-8-20-23(30)10-12-31(4)24(20)14-21-26(29(35)37-6)22(28(34)36-5)15-25(27(21)31)39-17(2)33/h7,19-21,23-24H,8-15H2,1-6H3/t19-,20-,21+,23+,24+,30+,31+/m1/s1. The van der Waals surface area contributed by atoms with Gasteiger partial charge in [0.1, 0.15) is 11.9 Å². The first-order valence-corrected chi connectivity index (χ1v) is 14.1. The predicted molar refractivity (Wildman–Crippen MR) is 141 cm³/mol. The smallest absolute Gasteiger partial charge is 0.334 e. The lowest BCUT2D eigenvalue weighted by molar-refractivity contribution is -0.148. The van der Waals surface area contributed by atoms with Crippen molar-refractivity contribution in [2.75, 3.05) is 14.2 Å². The monoisotopic (exact) mass is 540 g/mol. The van der Waals surface area contributed by atoms with Crippen LogP contribution in [0.1, 0.15) is 79.1 Å². The molecule has 0 aromatic carbocycles. The minimum absolute atomic E-state index is 0.0399. The second-order valence-corrected chi connectivity index (χ2v) is 12.5. The van der Waals surface area contributed by atoms with Gasteiger partial charge in [-0.3, -0.25) is 9.59 Å². The molecule has 212 valence electrons. The second-order valence-electron chi connectivity index (χ2n) is 12.5. The largest absolute Gasteiger partial charge is 0.466 e. The highest BCUT2D eigenvalue weighted by atomic mass is 16.5. The SMILES string of the molecule is COC(=O)C1=C(C(=O)OC)[C@@H]2C[C@H]3[C@@H]4CC=C5C[C@H](OC(C)=O)CC[C@]5(C)[C@H]4CC[C@]3(C)C2=C(OC(C)=O)C1. The first-order chi connectivity index (χ1) is 18.4. The van der Waals surface area contributed by atoms with E-state index in [1.807, 2.05) is 0 Å². The quantitative estimate of drug-likeness (QED) is 0.280. The fourth-order valence-corrected chi connectivity index (χ4v) is 9.10. The van der Waals surface area contributed by atoms with Crippen LogP contribution >= 0.6 is 0 Å². The van der Waals surface area contributed by atoms with Crippen LogP contribution < -0.4 is 0 Å². The summed E-state index contributed by atoms with van der Waals surface area (Å²) in [6.07, 6.45) is 8.55. The van der Waals surface area contributed by atoms with Gasteiger partial charge in [-0.2, -0.15) is 0 Å². The molecule has 5 aliphatic rings. The Morgan fingerprint density at radius 1 is 0.897 bits per heavy atom. The van der Waals surface area contributed by atoms with Crippen LogP contribution in [-0.2, 0) is 38.1 Å². The van der Waals surface area contributed by atoms with Crippen molar-refractivity contribution in [3.8, 4) is 0 Å². The number of methoxy groups -OCH3 is 2. The van der Waals surface area contributed by atoms with Crippen LogP contribution in [-0.4, -0.2) is 44.2 Å². The average molecular weight is 541 g/mol. The number of ether oxygens (including phenoxy) is 4. The fraction of sp³-hybridized carbons (Fsp3) is 0.677. The Kier molecular flexibility index (Phi) is 7.04. The summed E-state index contributed by atoms with van der Waals surface area (Å²) in [5.74, 6) is -0.552. The van der Waals surface area contributed by atoms with E-state index in [-0.39, 0.29) is 46.7 Å². The maximum Gasteiger partial charge on any atom is 0.334 e. The number of hydrogen-bond acceptors (Lipinski definition) is 8. The van der Waals surface area contributed by atoms with Crippen molar-refractivity contribution in [2.45, 2.75) is 85.2 Å². The van der Waals surface area contributed by atoms with Gasteiger partial charge in [0.2, 0.25) is 0 Å². The summed E-state index contributed by atoms with van der Waals surface area (Å²) in [5, 5.41) is 0. The Hall–Kier alpha value is -2.90.